The molecule has 2 nitrogen and oxygen atoms in total. The molecule has 1 aliphatic heterocycles. The first-order valence-electron chi connectivity index (χ1n) is 17.7. The van der Waals surface area contributed by atoms with Crippen molar-refractivity contribution in [2.75, 3.05) is 0 Å². The summed E-state index contributed by atoms with van der Waals surface area (Å²) in [5.74, 6) is 0. The van der Waals surface area contributed by atoms with Crippen molar-refractivity contribution in [3.63, 3.8) is 0 Å². The van der Waals surface area contributed by atoms with Crippen LogP contribution in [0, 0.1) is 13.8 Å². The van der Waals surface area contributed by atoms with E-state index >= 15 is 0 Å². The van der Waals surface area contributed by atoms with Crippen LogP contribution in [0.4, 0.5) is 0 Å². The summed E-state index contributed by atoms with van der Waals surface area (Å²) in [6.07, 6.45) is 12.9. The lowest BCUT2D eigenvalue weighted by molar-refractivity contribution is -0.772. The van der Waals surface area contributed by atoms with E-state index in [1.807, 2.05) is 0 Å². The van der Waals surface area contributed by atoms with E-state index in [-0.39, 0.29) is 11.0 Å². The van der Waals surface area contributed by atoms with Gasteiger partial charge in [-0.2, -0.15) is 9.13 Å². The van der Waals surface area contributed by atoms with Crippen molar-refractivity contribution >= 4 is 0 Å². The number of benzene rings is 3. The van der Waals surface area contributed by atoms with Crippen molar-refractivity contribution in [1.29, 1.82) is 0 Å². The Morgan fingerprint density at radius 3 is 2.00 bits per heavy atom. The average Bonchev–Trinajstić information content (AvgIpc) is 3.09. The van der Waals surface area contributed by atoms with Crippen LogP contribution < -0.4 is 9.13 Å². The second kappa shape index (κ2) is 13.4. The van der Waals surface area contributed by atoms with Crippen LogP contribution >= 0.6 is 0 Å². The number of rotatable bonds is 11. The minimum Gasteiger partial charge on any atom is -0.198 e. The van der Waals surface area contributed by atoms with E-state index in [0.29, 0.717) is 0 Å². The van der Waals surface area contributed by atoms with Gasteiger partial charge in [-0.25, -0.2) is 0 Å². The highest BCUT2D eigenvalue weighted by atomic mass is 15.1. The summed E-state index contributed by atoms with van der Waals surface area (Å²) < 4.78 is 5.23. The topological polar surface area (TPSA) is 7.76 Å². The molecule has 0 saturated carbocycles. The largest absolute Gasteiger partial charge is 0.213 e. The molecule has 6 rings (SSSR count). The molecule has 0 N–H and O–H groups in total. The van der Waals surface area contributed by atoms with Gasteiger partial charge in [0.2, 0.25) is 11.4 Å². The Morgan fingerprint density at radius 2 is 1.33 bits per heavy atom. The molecule has 2 atom stereocenters. The molecule has 0 fully saturated rings. The van der Waals surface area contributed by atoms with Gasteiger partial charge in [-0.1, -0.05) is 87.9 Å². The quantitative estimate of drug-likeness (QED) is 0.132. The summed E-state index contributed by atoms with van der Waals surface area (Å²) in [4.78, 5) is 0. The first-order valence-corrected chi connectivity index (χ1v) is 17.7. The maximum atomic E-state index is 2.70. The van der Waals surface area contributed by atoms with Crippen LogP contribution in [-0.2, 0) is 23.9 Å². The van der Waals surface area contributed by atoms with Crippen LogP contribution in [0.3, 0.4) is 0 Å². The van der Waals surface area contributed by atoms with Crippen LogP contribution in [-0.4, -0.2) is 0 Å². The number of hydrogen-bond acceptors (Lipinski definition) is 0. The fourth-order valence-corrected chi connectivity index (χ4v) is 8.45. The zero-order valence-corrected chi connectivity index (χ0v) is 28.9. The lowest BCUT2D eigenvalue weighted by Crippen LogP contribution is -2.69. The van der Waals surface area contributed by atoms with Crippen LogP contribution in [0.2, 0.25) is 0 Å². The highest BCUT2D eigenvalue weighted by Gasteiger charge is 2.58. The van der Waals surface area contributed by atoms with Gasteiger partial charge in [0.15, 0.2) is 17.9 Å². The van der Waals surface area contributed by atoms with Crippen LogP contribution in [0.25, 0.3) is 33.6 Å². The Balaban J connectivity index is 1.42. The van der Waals surface area contributed by atoms with Crippen LogP contribution in [0.15, 0.2) is 109 Å². The van der Waals surface area contributed by atoms with E-state index < -0.39 is 0 Å². The highest BCUT2D eigenvalue weighted by Crippen LogP contribution is 2.51. The van der Waals surface area contributed by atoms with E-state index in [2.05, 4.69) is 160 Å². The smallest absolute Gasteiger partial charge is 0.198 e. The molecule has 1 aliphatic rings. The summed E-state index contributed by atoms with van der Waals surface area (Å²) in [6.45, 7) is 15.1. The first-order chi connectivity index (χ1) is 22.4. The summed E-state index contributed by atoms with van der Waals surface area (Å²) in [7, 11) is 0. The van der Waals surface area contributed by atoms with Gasteiger partial charge in [0.1, 0.15) is 6.54 Å². The number of pyridine rings is 2. The monoisotopic (exact) mass is 608 g/mol. The Kier molecular flexibility index (Phi) is 9.27. The number of aryl methyl sites for hydroxylation is 4. The average molecular weight is 609 g/mol. The van der Waals surface area contributed by atoms with E-state index in [0.717, 1.165) is 38.6 Å². The number of fused-ring (bicyclic) bond motifs is 3. The van der Waals surface area contributed by atoms with Crippen LogP contribution in [0.1, 0.15) is 88.5 Å². The predicted molar refractivity (Wildman–Crippen MR) is 193 cm³/mol. The van der Waals surface area contributed by atoms with Crippen molar-refractivity contribution in [2.24, 2.45) is 0 Å². The van der Waals surface area contributed by atoms with Gasteiger partial charge in [-0.15, -0.1) is 0 Å². The normalized spacial score (nSPS) is 18.7. The SMILES string of the molecule is CCCCc1cc[n+]2c(c1)-c1ccccc1C(C)(CC)C2(CC)CCC[n+]1cc(-c2ccccc2C)ccc1-c1ccccc1C. The number of hydrogen-bond donors (Lipinski definition) is 0. The van der Waals surface area contributed by atoms with Crippen molar-refractivity contribution in [3.05, 3.63) is 132 Å². The van der Waals surface area contributed by atoms with Gasteiger partial charge < -0.3 is 0 Å². The van der Waals surface area contributed by atoms with Gasteiger partial charge >= 0.3 is 0 Å². The molecule has 0 saturated heterocycles. The molecule has 2 aromatic heterocycles. The van der Waals surface area contributed by atoms with Gasteiger partial charge in [0.05, 0.1) is 11.0 Å². The zero-order valence-electron chi connectivity index (χ0n) is 28.9. The second-order valence-electron chi connectivity index (χ2n) is 13.7. The molecule has 3 aromatic carbocycles. The fourth-order valence-electron chi connectivity index (χ4n) is 8.45. The van der Waals surface area contributed by atoms with Crippen molar-refractivity contribution in [2.45, 2.75) is 104 Å². The molecule has 2 heteroatoms. The third kappa shape index (κ3) is 5.51. The Morgan fingerprint density at radius 1 is 0.652 bits per heavy atom. The number of aromatic nitrogens is 2. The summed E-state index contributed by atoms with van der Waals surface area (Å²) in [5, 5.41) is 0. The standard InChI is InChI=1S/C44H52N2/c1-7-10-20-35-27-30-46-42(31-35)39-23-15-16-24-40(39)43(6,8-2)44(46,9-3)28-17-29-45-32-36(37-21-13-11-18-33(37)4)25-26-41(45)38-22-14-12-19-34(38)5/h11-16,18-19,21-27,30-32H,7-10,17,20,28-29H2,1-6H3/q+2. The molecule has 5 aromatic rings. The van der Waals surface area contributed by atoms with Gasteiger partial charge in [0, 0.05) is 48.6 Å². The summed E-state index contributed by atoms with van der Waals surface area (Å²) in [6, 6.07) is 36.4. The van der Waals surface area contributed by atoms with E-state index in [1.54, 1.807) is 0 Å². The maximum Gasteiger partial charge on any atom is 0.213 e. The molecule has 0 amide bonds. The minimum absolute atomic E-state index is 0.0213. The summed E-state index contributed by atoms with van der Waals surface area (Å²) in [5.41, 5.74) is 13.6. The summed E-state index contributed by atoms with van der Waals surface area (Å²) >= 11 is 0. The lowest BCUT2D eigenvalue weighted by atomic mass is 9.58. The molecule has 2 unspecified atom stereocenters. The Bertz CT molecular complexity index is 1830. The molecule has 0 bridgehead atoms. The molecule has 0 radical (unpaired) electrons. The molecule has 3 heterocycles. The predicted octanol–water partition coefficient (Wildman–Crippen LogP) is 10.5. The molecule has 236 valence electrons. The van der Waals surface area contributed by atoms with E-state index in [1.165, 1.54) is 68.7 Å². The van der Waals surface area contributed by atoms with E-state index in [9.17, 15) is 0 Å². The molecule has 0 spiro atoms. The third-order valence-corrected chi connectivity index (χ3v) is 11.3. The Labute approximate surface area is 277 Å². The minimum atomic E-state index is -0.0221. The van der Waals surface area contributed by atoms with Crippen molar-refractivity contribution in [1.82, 2.24) is 0 Å². The van der Waals surface area contributed by atoms with Crippen molar-refractivity contribution < 1.29 is 9.13 Å². The highest BCUT2D eigenvalue weighted by molar-refractivity contribution is 5.69. The van der Waals surface area contributed by atoms with Gasteiger partial charge in [-0.05, 0) is 86.1 Å². The first kappa shape index (κ1) is 31.9. The fraction of sp³-hybridized carbons (Fsp3) is 0.364. The van der Waals surface area contributed by atoms with Gasteiger partial charge in [0.25, 0.3) is 0 Å². The molecular weight excluding hydrogens is 556 g/mol. The zero-order chi connectivity index (χ0) is 32.3. The molecule has 0 aliphatic carbocycles. The molecule has 46 heavy (non-hydrogen) atoms. The van der Waals surface area contributed by atoms with Gasteiger partial charge in [-0.3, -0.25) is 0 Å². The Hall–Kier alpha value is -4.04. The second-order valence-corrected chi connectivity index (χ2v) is 13.7. The maximum absolute atomic E-state index is 2.70. The van der Waals surface area contributed by atoms with Crippen molar-refractivity contribution in [3.8, 4) is 33.6 Å². The van der Waals surface area contributed by atoms with Crippen LogP contribution in [0.5, 0.6) is 0 Å². The third-order valence-electron chi connectivity index (χ3n) is 11.3. The number of nitrogens with zero attached hydrogens (tertiary/aromatic N) is 2. The lowest BCUT2D eigenvalue weighted by Gasteiger charge is -2.48. The molecular formula is C44H52N2+2. The number of unbranched alkanes of at least 4 members (excludes halogenated alkanes) is 1. The van der Waals surface area contributed by atoms with E-state index in [4.69, 9.17) is 0 Å².